The Morgan fingerprint density at radius 1 is 1.25 bits per heavy atom. The van der Waals surface area contributed by atoms with Crippen molar-refractivity contribution in [3.05, 3.63) is 59.4 Å². The van der Waals surface area contributed by atoms with E-state index in [2.05, 4.69) is 25.3 Å². The topological polar surface area (TPSA) is 134 Å². The van der Waals surface area contributed by atoms with Crippen molar-refractivity contribution in [1.82, 2.24) is 15.3 Å². The van der Waals surface area contributed by atoms with E-state index in [0.29, 0.717) is 23.5 Å². The molecule has 192 valence electrons. The highest BCUT2D eigenvalue weighted by molar-refractivity contribution is 7.93. The molecule has 3 N–H and O–H groups in total. The fourth-order valence-electron chi connectivity index (χ4n) is 4.47. The van der Waals surface area contributed by atoms with Crippen molar-refractivity contribution in [2.24, 2.45) is 5.92 Å². The second kappa shape index (κ2) is 9.88. The summed E-state index contributed by atoms with van der Waals surface area (Å²) in [7, 11) is -3.15. The van der Waals surface area contributed by atoms with Crippen LogP contribution in [0.3, 0.4) is 0 Å². The van der Waals surface area contributed by atoms with Gasteiger partial charge in [0.2, 0.25) is 5.91 Å². The number of ether oxygens (including phenoxy) is 1. The zero-order valence-electron chi connectivity index (χ0n) is 19.2. The maximum Gasteiger partial charge on any atom is 0.387 e. The van der Waals surface area contributed by atoms with Crippen LogP contribution in [0.1, 0.15) is 31.7 Å². The van der Waals surface area contributed by atoms with Crippen LogP contribution in [0.15, 0.2) is 48.1 Å². The first-order valence-electron chi connectivity index (χ1n) is 11.1. The van der Waals surface area contributed by atoms with Gasteiger partial charge in [-0.05, 0) is 50.0 Å². The number of nitrogens with zero attached hydrogens (tertiary/aromatic N) is 2. The lowest BCUT2D eigenvalue weighted by Crippen LogP contribution is -2.64. The van der Waals surface area contributed by atoms with Crippen LogP contribution >= 0.6 is 0 Å². The van der Waals surface area contributed by atoms with E-state index >= 15 is 0 Å². The molecule has 3 heterocycles. The van der Waals surface area contributed by atoms with Gasteiger partial charge < -0.3 is 15.4 Å². The lowest BCUT2D eigenvalue weighted by atomic mass is 9.83. The number of anilines is 1. The molecule has 1 aliphatic heterocycles. The smallest absolute Gasteiger partial charge is 0.387 e. The quantitative estimate of drug-likeness (QED) is 0.453. The minimum absolute atomic E-state index is 0.00253. The largest absolute Gasteiger partial charge is 0.433 e. The SMILES string of the molecule is CC1(NC(=O)[C@@H]2CCC(C(=N)c3cncc(OC(F)F)c3)=C(Nc3ccc(F)cn3)C2)CS(=O)(=O)C1. The number of rotatable bonds is 8. The minimum atomic E-state index is -3.15. The summed E-state index contributed by atoms with van der Waals surface area (Å²) in [6.45, 7) is -1.37. The Morgan fingerprint density at radius 3 is 2.64 bits per heavy atom. The van der Waals surface area contributed by atoms with Gasteiger partial charge >= 0.3 is 6.61 Å². The number of sulfone groups is 1. The lowest BCUT2D eigenvalue weighted by molar-refractivity contribution is -0.126. The number of pyridine rings is 2. The average Bonchev–Trinajstić information content (AvgIpc) is 2.78. The number of aromatic nitrogens is 2. The van der Waals surface area contributed by atoms with Crippen LogP contribution in [0.4, 0.5) is 19.0 Å². The molecule has 2 aliphatic rings. The third kappa shape index (κ3) is 6.01. The Labute approximate surface area is 205 Å². The van der Waals surface area contributed by atoms with Gasteiger partial charge in [0.15, 0.2) is 9.84 Å². The van der Waals surface area contributed by atoms with E-state index in [0.717, 1.165) is 12.4 Å². The molecule has 0 spiro atoms. The highest BCUT2D eigenvalue weighted by atomic mass is 32.2. The average molecular weight is 524 g/mol. The number of carbonyl (C=O) groups excluding carboxylic acids is 1. The van der Waals surface area contributed by atoms with Crippen LogP contribution in [0.2, 0.25) is 0 Å². The number of halogens is 3. The van der Waals surface area contributed by atoms with Crippen LogP contribution in [-0.2, 0) is 14.6 Å². The van der Waals surface area contributed by atoms with Crippen molar-refractivity contribution in [2.45, 2.75) is 38.3 Å². The van der Waals surface area contributed by atoms with Crippen molar-refractivity contribution < 1.29 is 31.1 Å². The summed E-state index contributed by atoms with van der Waals surface area (Å²) in [5.74, 6) is -1.51. The van der Waals surface area contributed by atoms with Gasteiger partial charge in [0.05, 0.1) is 35.2 Å². The number of allylic oxidation sites excluding steroid dienone is 2. The molecule has 1 saturated heterocycles. The molecule has 0 bridgehead atoms. The molecule has 2 aromatic rings. The Morgan fingerprint density at radius 2 is 2.00 bits per heavy atom. The number of amides is 1. The predicted molar refractivity (Wildman–Crippen MR) is 125 cm³/mol. The summed E-state index contributed by atoms with van der Waals surface area (Å²) in [4.78, 5) is 20.8. The van der Waals surface area contributed by atoms with Gasteiger partial charge in [-0.1, -0.05) is 0 Å². The van der Waals surface area contributed by atoms with Crippen LogP contribution in [0.25, 0.3) is 0 Å². The zero-order chi connectivity index (χ0) is 26.1. The summed E-state index contributed by atoms with van der Waals surface area (Å²) >= 11 is 0. The van der Waals surface area contributed by atoms with Crippen molar-refractivity contribution in [1.29, 1.82) is 5.41 Å². The van der Waals surface area contributed by atoms with E-state index in [9.17, 15) is 26.4 Å². The molecule has 4 rings (SSSR count). The third-order valence-corrected chi connectivity index (χ3v) is 8.12. The van der Waals surface area contributed by atoms with E-state index in [-0.39, 0.29) is 47.3 Å². The first-order chi connectivity index (χ1) is 16.9. The molecule has 0 saturated carbocycles. The van der Waals surface area contributed by atoms with Crippen molar-refractivity contribution in [2.75, 3.05) is 16.8 Å². The lowest BCUT2D eigenvalue weighted by Gasteiger charge is -2.40. The Kier molecular flexibility index (Phi) is 7.03. The van der Waals surface area contributed by atoms with Gasteiger partial charge in [0.25, 0.3) is 0 Å². The maximum absolute atomic E-state index is 13.3. The van der Waals surface area contributed by atoms with Gasteiger partial charge in [-0.25, -0.2) is 17.8 Å². The Hall–Kier alpha value is -3.48. The van der Waals surface area contributed by atoms with Gasteiger partial charge in [0.1, 0.15) is 17.4 Å². The Bertz CT molecular complexity index is 1300. The number of nitrogens with one attached hydrogen (secondary N) is 3. The second-order valence-electron chi connectivity index (χ2n) is 9.13. The summed E-state index contributed by atoms with van der Waals surface area (Å²) < 4.78 is 66.2. The molecule has 1 amide bonds. The van der Waals surface area contributed by atoms with Gasteiger partial charge in [-0.15, -0.1) is 0 Å². The molecule has 36 heavy (non-hydrogen) atoms. The molecule has 1 aliphatic carbocycles. The Balaban J connectivity index is 1.59. The summed E-state index contributed by atoms with van der Waals surface area (Å²) in [6.07, 6.45) is 4.31. The van der Waals surface area contributed by atoms with Crippen molar-refractivity contribution >= 4 is 27.3 Å². The van der Waals surface area contributed by atoms with Gasteiger partial charge in [-0.2, -0.15) is 8.78 Å². The molecule has 1 fully saturated rings. The fraction of sp³-hybridized carbons (Fsp3) is 0.391. The molecule has 0 radical (unpaired) electrons. The highest BCUT2D eigenvalue weighted by Gasteiger charge is 2.46. The van der Waals surface area contributed by atoms with Crippen LogP contribution in [-0.4, -0.2) is 53.7 Å². The van der Waals surface area contributed by atoms with E-state index < -0.39 is 33.7 Å². The molecule has 0 aromatic carbocycles. The first-order valence-corrected chi connectivity index (χ1v) is 12.9. The van der Waals surface area contributed by atoms with Crippen LogP contribution < -0.4 is 15.4 Å². The summed E-state index contributed by atoms with van der Waals surface area (Å²) in [6, 6.07) is 3.89. The van der Waals surface area contributed by atoms with Crippen LogP contribution in [0.5, 0.6) is 5.75 Å². The fourth-order valence-corrected chi connectivity index (χ4v) is 6.47. The molecular weight excluding hydrogens is 499 g/mol. The second-order valence-corrected chi connectivity index (χ2v) is 11.2. The molecule has 1 atom stereocenters. The zero-order valence-corrected chi connectivity index (χ0v) is 20.0. The number of carbonyl (C=O) groups is 1. The predicted octanol–water partition coefficient (Wildman–Crippen LogP) is 3.05. The van der Waals surface area contributed by atoms with E-state index in [1.165, 1.54) is 24.4 Å². The minimum Gasteiger partial charge on any atom is -0.433 e. The third-order valence-electron chi connectivity index (χ3n) is 5.97. The van der Waals surface area contributed by atoms with Gasteiger partial charge in [-0.3, -0.25) is 15.2 Å². The normalized spacial score (nSPS) is 20.4. The van der Waals surface area contributed by atoms with Gasteiger partial charge in [0, 0.05) is 23.4 Å². The highest BCUT2D eigenvalue weighted by Crippen LogP contribution is 2.34. The molecule has 13 heteroatoms. The van der Waals surface area contributed by atoms with E-state index in [1.807, 2.05) is 0 Å². The molecule has 2 aromatic heterocycles. The standard InChI is InChI=1S/C23H24F3N5O4S/c1-23(11-36(33,34)12-23)31-21(32)13-2-4-17(18(7-13)30-19-5-3-15(24)9-29-19)20(27)14-6-16(10-28-8-14)35-22(25)26/h3,5-6,8-10,13,22,27H,2,4,7,11-12H2,1H3,(H,29,30)(H,31,32)/t13-/m1/s1. The van der Waals surface area contributed by atoms with Crippen molar-refractivity contribution in [3.63, 3.8) is 0 Å². The number of alkyl halides is 2. The van der Waals surface area contributed by atoms with E-state index in [1.54, 1.807) is 6.92 Å². The first kappa shape index (κ1) is 25.6. The molecule has 9 nitrogen and oxygen atoms in total. The number of hydrogen-bond acceptors (Lipinski definition) is 8. The summed E-state index contributed by atoms with van der Waals surface area (Å²) in [5.41, 5.74) is 0.415. The monoisotopic (exact) mass is 523 g/mol. The van der Waals surface area contributed by atoms with Crippen molar-refractivity contribution in [3.8, 4) is 5.75 Å². The summed E-state index contributed by atoms with van der Waals surface area (Å²) in [5, 5.41) is 14.6. The molecular formula is C23H24F3N5O4S. The van der Waals surface area contributed by atoms with Crippen LogP contribution in [0, 0.1) is 17.1 Å². The molecule has 0 unspecified atom stereocenters. The maximum atomic E-state index is 13.3. The van der Waals surface area contributed by atoms with E-state index in [4.69, 9.17) is 5.41 Å². The number of hydrogen-bond donors (Lipinski definition) is 3.